The van der Waals surface area contributed by atoms with Crippen molar-refractivity contribution in [3.05, 3.63) is 35.4 Å². The van der Waals surface area contributed by atoms with Crippen LogP contribution in [0.15, 0.2) is 24.3 Å². The third-order valence-corrected chi connectivity index (χ3v) is 4.59. The molecule has 1 atom stereocenters. The highest BCUT2D eigenvalue weighted by molar-refractivity contribution is 5.77. The highest BCUT2D eigenvalue weighted by Gasteiger charge is 2.24. The van der Waals surface area contributed by atoms with Gasteiger partial charge >= 0.3 is 0 Å². The number of benzene rings is 2. The summed E-state index contributed by atoms with van der Waals surface area (Å²) in [6.45, 7) is 3.65. The molecule has 28 heavy (non-hydrogen) atoms. The van der Waals surface area contributed by atoms with Crippen LogP contribution in [0, 0.1) is 0 Å². The second-order valence-electron chi connectivity index (χ2n) is 6.41. The summed E-state index contributed by atoms with van der Waals surface area (Å²) in [4.78, 5) is 11.4. The zero-order valence-electron chi connectivity index (χ0n) is 16.7. The Kier molecular flexibility index (Phi) is 5.82. The summed E-state index contributed by atoms with van der Waals surface area (Å²) < 4.78 is 33.0. The molecule has 0 unspecified atom stereocenters. The average molecular weight is 388 g/mol. The maximum atomic E-state index is 11.4. The minimum Gasteiger partial charge on any atom is -0.493 e. The lowest BCUT2D eigenvalue weighted by Crippen LogP contribution is -2.09. The smallest absolute Gasteiger partial charge is 0.231 e. The Morgan fingerprint density at radius 3 is 2.11 bits per heavy atom. The molecule has 3 rings (SSSR count). The van der Waals surface area contributed by atoms with Crippen molar-refractivity contribution < 1.29 is 33.2 Å². The van der Waals surface area contributed by atoms with Gasteiger partial charge in [-0.25, -0.2) is 0 Å². The lowest BCUT2D eigenvalue weighted by Gasteiger charge is -2.20. The van der Waals surface area contributed by atoms with Gasteiger partial charge in [0.25, 0.3) is 0 Å². The molecule has 7 heteroatoms. The molecule has 7 nitrogen and oxygen atoms in total. The third kappa shape index (κ3) is 3.78. The van der Waals surface area contributed by atoms with E-state index in [1.807, 2.05) is 25.1 Å². The molecule has 150 valence electrons. The fourth-order valence-corrected chi connectivity index (χ4v) is 3.11. The maximum Gasteiger partial charge on any atom is 0.231 e. The second kappa shape index (κ2) is 8.29. The molecule has 0 amide bonds. The van der Waals surface area contributed by atoms with Crippen LogP contribution in [0.2, 0.25) is 0 Å². The second-order valence-corrected chi connectivity index (χ2v) is 6.41. The molecule has 0 saturated carbocycles. The number of Topliss-reactive ketones (excluding diaryl/α,β-unsaturated/α-hetero) is 1. The molecule has 0 aromatic heterocycles. The fraction of sp³-hybridized carbons (Fsp3) is 0.381. The standard InChI is InChI=1S/C21H24O7/c1-12(22)10-26-16-9-18-17(27-11-28-18)8-15(16)13(2)14-6-19(23-3)21(25-5)20(7-14)24-4/h6-9,13H,10-11H2,1-5H3/t13-/m0/s1. The molecular formula is C21H24O7. The van der Waals surface area contributed by atoms with Crippen molar-refractivity contribution in [3.63, 3.8) is 0 Å². The highest BCUT2D eigenvalue weighted by Crippen LogP contribution is 2.45. The molecule has 0 N–H and O–H groups in total. The summed E-state index contributed by atoms with van der Waals surface area (Å²) in [5.41, 5.74) is 1.79. The van der Waals surface area contributed by atoms with Gasteiger partial charge in [-0.2, -0.15) is 0 Å². The van der Waals surface area contributed by atoms with Gasteiger partial charge in [0.2, 0.25) is 12.5 Å². The van der Waals surface area contributed by atoms with E-state index in [-0.39, 0.29) is 25.1 Å². The van der Waals surface area contributed by atoms with E-state index < -0.39 is 0 Å². The van der Waals surface area contributed by atoms with Crippen LogP contribution in [0.25, 0.3) is 0 Å². The van der Waals surface area contributed by atoms with E-state index in [0.717, 1.165) is 11.1 Å². The van der Waals surface area contributed by atoms with Gasteiger partial charge in [0.1, 0.15) is 12.4 Å². The summed E-state index contributed by atoms with van der Waals surface area (Å²) >= 11 is 0. The molecule has 0 bridgehead atoms. The van der Waals surface area contributed by atoms with Crippen LogP contribution in [0.4, 0.5) is 0 Å². The van der Waals surface area contributed by atoms with E-state index in [0.29, 0.717) is 34.5 Å². The van der Waals surface area contributed by atoms with Crippen molar-refractivity contribution in [2.45, 2.75) is 19.8 Å². The normalized spacial score (nSPS) is 13.0. The van der Waals surface area contributed by atoms with E-state index in [1.54, 1.807) is 27.4 Å². The van der Waals surface area contributed by atoms with E-state index in [1.165, 1.54) is 6.92 Å². The van der Waals surface area contributed by atoms with E-state index in [9.17, 15) is 4.79 Å². The SMILES string of the molecule is COc1cc([C@H](C)c2cc3c(cc2OCC(C)=O)OCO3)cc(OC)c1OC. The number of hydrogen-bond acceptors (Lipinski definition) is 7. The highest BCUT2D eigenvalue weighted by atomic mass is 16.7. The molecule has 2 aromatic rings. The maximum absolute atomic E-state index is 11.4. The van der Waals surface area contributed by atoms with Crippen molar-refractivity contribution >= 4 is 5.78 Å². The summed E-state index contributed by atoms with van der Waals surface area (Å²) in [7, 11) is 4.72. The Morgan fingerprint density at radius 2 is 1.57 bits per heavy atom. The molecule has 0 radical (unpaired) electrons. The number of methoxy groups -OCH3 is 3. The van der Waals surface area contributed by atoms with Gasteiger partial charge in [-0.1, -0.05) is 6.92 Å². The van der Waals surface area contributed by atoms with Crippen molar-refractivity contribution in [1.82, 2.24) is 0 Å². The topological polar surface area (TPSA) is 72.5 Å². The van der Waals surface area contributed by atoms with Gasteiger partial charge in [0.15, 0.2) is 28.8 Å². The van der Waals surface area contributed by atoms with Gasteiger partial charge in [-0.15, -0.1) is 0 Å². The minimum atomic E-state index is -0.106. The van der Waals surface area contributed by atoms with Gasteiger partial charge < -0.3 is 28.4 Å². The van der Waals surface area contributed by atoms with Gasteiger partial charge in [0, 0.05) is 17.5 Å². The van der Waals surface area contributed by atoms with Crippen LogP contribution in [-0.2, 0) is 4.79 Å². The number of ketones is 1. The molecule has 0 fully saturated rings. The van der Waals surface area contributed by atoms with E-state index in [4.69, 9.17) is 28.4 Å². The average Bonchev–Trinajstić information content (AvgIpc) is 3.17. The van der Waals surface area contributed by atoms with Crippen LogP contribution in [0.1, 0.15) is 30.9 Å². The Morgan fingerprint density at radius 1 is 0.964 bits per heavy atom. The van der Waals surface area contributed by atoms with Crippen LogP contribution in [-0.4, -0.2) is 40.5 Å². The van der Waals surface area contributed by atoms with Crippen molar-refractivity contribution in [2.24, 2.45) is 0 Å². The van der Waals surface area contributed by atoms with Crippen LogP contribution >= 0.6 is 0 Å². The molecule has 0 aliphatic carbocycles. The van der Waals surface area contributed by atoms with Crippen LogP contribution < -0.4 is 28.4 Å². The molecular weight excluding hydrogens is 364 g/mol. The Labute approximate surface area is 164 Å². The van der Waals surface area contributed by atoms with Crippen LogP contribution in [0.5, 0.6) is 34.5 Å². The van der Waals surface area contributed by atoms with Gasteiger partial charge in [0.05, 0.1) is 21.3 Å². The van der Waals surface area contributed by atoms with E-state index in [2.05, 4.69) is 0 Å². The zero-order chi connectivity index (χ0) is 20.3. The first-order valence-electron chi connectivity index (χ1n) is 8.84. The number of carbonyl (C=O) groups excluding carboxylic acids is 1. The van der Waals surface area contributed by atoms with Crippen molar-refractivity contribution in [1.29, 1.82) is 0 Å². The third-order valence-electron chi connectivity index (χ3n) is 4.59. The zero-order valence-corrected chi connectivity index (χ0v) is 16.7. The molecule has 0 saturated heterocycles. The summed E-state index contributed by atoms with van der Waals surface area (Å²) in [6, 6.07) is 7.43. The Hall–Kier alpha value is -3.09. The Balaban J connectivity index is 2.06. The van der Waals surface area contributed by atoms with Crippen LogP contribution in [0.3, 0.4) is 0 Å². The number of fused-ring (bicyclic) bond motifs is 1. The first-order chi connectivity index (χ1) is 13.5. The summed E-state index contributed by atoms with van der Waals surface area (Å²) in [6.07, 6.45) is 0. The predicted molar refractivity (Wildman–Crippen MR) is 102 cm³/mol. The van der Waals surface area contributed by atoms with Gasteiger partial charge in [-0.05, 0) is 30.7 Å². The quantitative estimate of drug-likeness (QED) is 0.685. The van der Waals surface area contributed by atoms with Crippen molar-refractivity contribution in [2.75, 3.05) is 34.7 Å². The molecule has 1 heterocycles. The Bertz CT molecular complexity index is 850. The monoisotopic (exact) mass is 388 g/mol. The molecule has 0 spiro atoms. The molecule has 1 aliphatic rings. The van der Waals surface area contributed by atoms with E-state index >= 15 is 0 Å². The van der Waals surface area contributed by atoms with Crippen molar-refractivity contribution in [3.8, 4) is 34.5 Å². The summed E-state index contributed by atoms with van der Waals surface area (Å²) in [5, 5.41) is 0. The summed E-state index contributed by atoms with van der Waals surface area (Å²) in [5.74, 6) is 3.30. The predicted octanol–water partition coefficient (Wildman–Crippen LogP) is 3.56. The first kappa shape index (κ1) is 19.7. The largest absolute Gasteiger partial charge is 0.493 e. The number of rotatable bonds is 8. The molecule has 2 aromatic carbocycles. The molecule has 1 aliphatic heterocycles. The number of hydrogen-bond donors (Lipinski definition) is 0. The number of carbonyl (C=O) groups is 1. The fourth-order valence-electron chi connectivity index (χ4n) is 3.11. The minimum absolute atomic E-state index is 0.0192. The number of ether oxygens (including phenoxy) is 6. The van der Waals surface area contributed by atoms with Gasteiger partial charge in [-0.3, -0.25) is 4.79 Å². The lowest BCUT2D eigenvalue weighted by atomic mass is 9.91. The lowest BCUT2D eigenvalue weighted by molar-refractivity contribution is -0.118. The first-order valence-corrected chi connectivity index (χ1v) is 8.84.